The van der Waals surface area contributed by atoms with E-state index in [1.54, 1.807) is 0 Å². The third-order valence-electron chi connectivity index (χ3n) is 2.74. The molecule has 0 heterocycles. The van der Waals surface area contributed by atoms with E-state index in [-0.39, 0.29) is 6.61 Å². The van der Waals surface area contributed by atoms with E-state index in [9.17, 15) is 0 Å². The van der Waals surface area contributed by atoms with Crippen LogP contribution in [-0.4, -0.2) is 18.2 Å². The topological polar surface area (TPSA) is 23.5 Å². The highest BCUT2D eigenvalue weighted by Gasteiger charge is 2.06. The van der Waals surface area contributed by atoms with E-state index in [0.717, 1.165) is 24.3 Å². The van der Waals surface area contributed by atoms with Gasteiger partial charge in [0.15, 0.2) is 0 Å². The summed E-state index contributed by atoms with van der Waals surface area (Å²) < 4.78 is 0. The zero-order chi connectivity index (χ0) is 12.0. The van der Waals surface area contributed by atoms with Crippen LogP contribution in [0.2, 0.25) is 5.02 Å². The molecule has 0 saturated carbocycles. The number of halogens is 1. The smallest absolute Gasteiger partial charge is 0.0696 e. The third-order valence-corrected chi connectivity index (χ3v) is 3.09. The van der Waals surface area contributed by atoms with Crippen LogP contribution in [0, 0.1) is 0 Å². The molecule has 1 N–H and O–H groups in total. The lowest BCUT2D eigenvalue weighted by Gasteiger charge is -2.23. The summed E-state index contributed by atoms with van der Waals surface area (Å²) in [7, 11) is 0. The lowest BCUT2D eigenvalue weighted by Crippen LogP contribution is -2.23. The van der Waals surface area contributed by atoms with Gasteiger partial charge in [-0.25, -0.2) is 0 Å². The maximum Gasteiger partial charge on any atom is 0.0696 e. The van der Waals surface area contributed by atoms with Crippen LogP contribution >= 0.6 is 11.6 Å². The molecule has 0 bridgehead atoms. The molecule has 0 aromatic heterocycles. The summed E-state index contributed by atoms with van der Waals surface area (Å²) >= 11 is 6.08. The molecule has 0 aliphatic rings. The van der Waals surface area contributed by atoms with Crippen molar-refractivity contribution >= 4 is 17.3 Å². The van der Waals surface area contributed by atoms with E-state index in [2.05, 4.69) is 18.7 Å². The van der Waals surface area contributed by atoms with Crippen LogP contribution in [0.4, 0.5) is 5.69 Å². The normalized spacial score (nSPS) is 10.5. The van der Waals surface area contributed by atoms with Crippen molar-refractivity contribution in [2.75, 3.05) is 18.0 Å². The van der Waals surface area contributed by atoms with Crippen molar-refractivity contribution in [1.29, 1.82) is 0 Å². The van der Waals surface area contributed by atoms with E-state index in [1.165, 1.54) is 12.8 Å². The second-order valence-electron chi connectivity index (χ2n) is 3.87. The van der Waals surface area contributed by atoms with Gasteiger partial charge in [0.2, 0.25) is 0 Å². The van der Waals surface area contributed by atoms with Gasteiger partial charge in [-0.15, -0.1) is 0 Å². The summed E-state index contributed by atoms with van der Waals surface area (Å²) in [4.78, 5) is 2.30. The van der Waals surface area contributed by atoms with E-state index < -0.39 is 0 Å². The lowest BCUT2D eigenvalue weighted by atomic mass is 10.2. The Bertz CT molecular complexity index is 328. The molecule has 0 radical (unpaired) electrons. The predicted molar refractivity (Wildman–Crippen MR) is 70.2 cm³/mol. The summed E-state index contributed by atoms with van der Waals surface area (Å²) in [5.74, 6) is 0. The first kappa shape index (κ1) is 13.3. The Morgan fingerprint density at radius 1 is 1.31 bits per heavy atom. The van der Waals surface area contributed by atoms with Crippen molar-refractivity contribution in [2.24, 2.45) is 0 Å². The van der Waals surface area contributed by atoms with Crippen molar-refractivity contribution in [3.63, 3.8) is 0 Å². The van der Waals surface area contributed by atoms with Crippen LogP contribution in [-0.2, 0) is 6.61 Å². The number of benzene rings is 1. The molecule has 0 aliphatic heterocycles. The van der Waals surface area contributed by atoms with Crippen molar-refractivity contribution in [3.05, 3.63) is 28.8 Å². The molecular weight excluding hydrogens is 222 g/mol. The molecule has 16 heavy (non-hydrogen) atoms. The van der Waals surface area contributed by atoms with Crippen LogP contribution in [0.25, 0.3) is 0 Å². The van der Waals surface area contributed by atoms with Gasteiger partial charge in [0, 0.05) is 23.8 Å². The van der Waals surface area contributed by atoms with Crippen molar-refractivity contribution < 1.29 is 5.11 Å². The first-order valence-corrected chi connectivity index (χ1v) is 6.25. The molecule has 0 atom stereocenters. The summed E-state index contributed by atoms with van der Waals surface area (Å²) in [5, 5.41) is 9.70. The Kier molecular flexibility index (Phi) is 5.64. The van der Waals surface area contributed by atoms with Gasteiger partial charge >= 0.3 is 0 Å². The van der Waals surface area contributed by atoms with Crippen LogP contribution in [0.15, 0.2) is 18.2 Å². The van der Waals surface area contributed by atoms with Crippen LogP contribution in [0.3, 0.4) is 0 Å². The molecular formula is C13H20ClNO. The Hall–Kier alpha value is -0.730. The molecule has 2 nitrogen and oxygen atoms in total. The van der Waals surface area contributed by atoms with Gasteiger partial charge in [-0.05, 0) is 31.0 Å². The molecule has 0 aliphatic carbocycles. The molecule has 0 unspecified atom stereocenters. The number of unbranched alkanes of at least 4 members (excludes halogenated alkanes) is 1. The molecule has 1 rings (SSSR count). The highest BCUT2D eigenvalue weighted by molar-refractivity contribution is 6.31. The number of aliphatic hydroxyl groups excluding tert-OH is 1. The number of anilines is 1. The van der Waals surface area contributed by atoms with Gasteiger partial charge in [0.25, 0.3) is 0 Å². The maximum absolute atomic E-state index is 9.05. The van der Waals surface area contributed by atoms with Gasteiger partial charge in [-0.2, -0.15) is 0 Å². The van der Waals surface area contributed by atoms with Crippen LogP contribution in [0.5, 0.6) is 0 Å². The quantitative estimate of drug-likeness (QED) is 0.825. The maximum atomic E-state index is 9.05. The monoisotopic (exact) mass is 241 g/mol. The average Bonchev–Trinajstić information content (AvgIpc) is 2.30. The fraction of sp³-hybridized carbons (Fsp3) is 0.538. The molecule has 90 valence electrons. The first-order chi connectivity index (χ1) is 7.72. The number of nitrogens with zero attached hydrogens (tertiary/aromatic N) is 1. The van der Waals surface area contributed by atoms with Crippen molar-refractivity contribution in [2.45, 2.75) is 33.3 Å². The minimum absolute atomic E-state index is 0.000197. The van der Waals surface area contributed by atoms with Crippen LogP contribution < -0.4 is 4.90 Å². The average molecular weight is 242 g/mol. The SMILES string of the molecule is CCCCN(CC)c1ccc(CO)c(Cl)c1. The molecule has 0 spiro atoms. The Morgan fingerprint density at radius 3 is 2.56 bits per heavy atom. The fourth-order valence-electron chi connectivity index (χ4n) is 1.68. The highest BCUT2D eigenvalue weighted by Crippen LogP contribution is 2.24. The highest BCUT2D eigenvalue weighted by atomic mass is 35.5. The zero-order valence-corrected chi connectivity index (χ0v) is 10.8. The number of hydrogen-bond acceptors (Lipinski definition) is 2. The second-order valence-corrected chi connectivity index (χ2v) is 4.27. The largest absolute Gasteiger partial charge is 0.392 e. The number of hydrogen-bond donors (Lipinski definition) is 1. The first-order valence-electron chi connectivity index (χ1n) is 5.87. The Morgan fingerprint density at radius 2 is 2.06 bits per heavy atom. The zero-order valence-electron chi connectivity index (χ0n) is 10.0. The summed E-state index contributed by atoms with van der Waals surface area (Å²) in [6, 6.07) is 5.86. The Balaban J connectivity index is 2.80. The summed E-state index contributed by atoms with van der Waals surface area (Å²) in [6.07, 6.45) is 2.38. The molecule has 1 aromatic carbocycles. The molecule has 3 heteroatoms. The summed E-state index contributed by atoms with van der Waals surface area (Å²) in [5.41, 5.74) is 1.93. The van der Waals surface area contributed by atoms with Gasteiger partial charge in [0.05, 0.1) is 6.61 Å². The summed E-state index contributed by atoms with van der Waals surface area (Å²) in [6.45, 7) is 6.37. The van der Waals surface area contributed by atoms with E-state index in [4.69, 9.17) is 16.7 Å². The van der Waals surface area contributed by atoms with Crippen molar-refractivity contribution in [3.8, 4) is 0 Å². The number of aliphatic hydroxyl groups is 1. The van der Waals surface area contributed by atoms with Crippen LogP contribution in [0.1, 0.15) is 32.3 Å². The van der Waals surface area contributed by atoms with Gasteiger partial charge in [0.1, 0.15) is 0 Å². The van der Waals surface area contributed by atoms with E-state index in [1.807, 2.05) is 18.2 Å². The minimum atomic E-state index is 0.000197. The second kappa shape index (κ2) is 6.77. The third kappa shape index (κ3) is 3.39. The minimum Gasteiger partial charge on any atom is -0.392 e. The number of rotatable bonds is 6. The molecule has 0 saturated heterocycles. The molecule has 0 amide bonds. The molecule has 1 aromatic rings. The predicted octanol–water partition coefficient (Wildman–Crippen LogP) is 3.46. The standard InChI is InChI=1S/C13H20ClNO/c1-3-5-8-15(4-2)12-7-6-11(10-16)13(14)9-12/h6-7,9,16H,3-5,8,10H2,1-2H3. The lowest BCUT2D eigenvalue weighted by molar-refractivity contribution is 0.282. The van der Waals surface area contributed by atoms with Crippen molar-refractivity contribution in [1.82, 2.24) is 0 Å². The fourth-order valence-corrected chi connectivity index (χ4v) is 1.91. The molecule has 0 fully saturated rings. The van der Waals surface area contributed by atoms with E-state index >= 15 is 0 Å². The van der Waals surface area contributed by atoms with Gasteiger partial charge in [-0.3, -0.25) is 0 Å². The van der Waals surface area contributed by atoms with Gasteiger partial charge < -0.3 is 10.0 Å². The Labute approximate surface area is 103 Å². The van der Waals surface area contributed by atoms with E-state index in [0.29, 0.717) is 5.02 Å². The van der Waals surface area contributed by atoms with Gasteiger partial charge in [-0.1, -0.05) is 31.0 Å².